The predicted octanol–water partition coefficient (Wildman–Crippen LogP) is 2.64. The van der Waals surface area contributed by atoms with E-state index in [2.05, 4.69) is 20.6 Å². The van der Waals surface area contributed by atoms with Crippen LogP contribution in [0.4, 0.5) is 4.79 Å². The number of nitrogens with zero attached hydrogens (tertiary/aromatic N) is 1. The maximum atomic E-state index is 13.0. The van der Waals surface area contributed by atoms with Gasteiger partial charge in [-0.1, -0.05) is 50.9 Å². The second kappa shape index (κ2) is 9.14. The molecule has 0 radical (unpaired) electrons. The van der Waals surface area contributed by atoms with Gasteiger partial charge in [0.1, 0.15) is 6.04 Å². The van der Waals surface area contributed by atoms with Crippen LogP contribution in [-0.4, -0.2) is 30.1 Å². The van der Waals surface area contributed by atoms with Gasteiger partial charge in [0, 0.05) is 30.6 Å². The summed E-state index contributed by atoms with van der Waals surface area (Å²) in [5.41, 5.74) is 3.20. The lowest BCUT2D eigenvalue weighted by atomic mass is 9.86. The third-order valence-corrected chi connectivity index (χ3v) is 3.56. The highest BCUT2D eigenvalue weighted by Crippen LogP contribution is 2.19. The van der Waals surface area contributed by atoms with E-state index >= 15 is 0 Å². The van der Waals surface area contributed by atoms with Crippen molar-refractivity contribution in [2.75, 3.05) is 7.11 Å². The van der Waals surface area contributed by atoms with Crippen molar-refractivity contribution in [3.05, 3.63) is 54.2 Å². The fraction of sp³-hybridized carbons (Fsp3) is 0.350. The zero-order chi connectivity index (χ0) is 27.4. The minimum absolute atomic E-state index is 0.00147. The van der Waals surface area contributed by atoms with Gasteiger partial charge >= 0.3 is 6.09 Å². The molecule has 0 saturated carbocycles. The summed E-state index contributed by atoms with van der Waals surface area (Å²) in [5, 5.41) is 1.80. The first-order chi connectivity index (χ1) is 16.6. The largest absolute Gasteiger partial charge is 0.453 e. The maximum Gasteiger partial charge on any atom is 0.407 e. The number of nitrogens with one attached hydrogen (secondary N) is 3. The van der Waals surface area contributed by atoms with Crippen molar-refractivity contribution >= 4 is 12.0 Å². The summed E-state index contributed by atoms with van der Waals surface area (Å²) in [6.45, 7) is -11.2. The Hall–Kier alpha value is -2.93. The standard InChI is InChI=1S/C20H26N4O3/c1-20(2,3)17(23-19(26)27-4)18(25)24-22-13-14-8-10-15(11-9-14)16-7-5-6-12-21-16/h5-12,17,22H,13H2,1-4H3,(H,23,26)(H,24,25)/t17-/m1/s1/i1D3,2D3,3D3. The summed E-state index contributed by atoms with van der Waals surface area (Å²) < 4.78 is 74.5. The third kappa shape index (κ3) is 6.07. The van der Waals surface area contributed by atoms with Crippen LogP contribution >= 0.6 is 0 Å². The van der Waals surface area contributed by atoms with Gasteiger partial charge in [-0.15, -0.1) is 0 Å². The number of hydrogen-bond acceptors (Lipinski definition) is 5. The van der Waals surface area contributed by atoms with E-state index in [4.69, 9.17) is 12.3 Å². The van der Waals surface area contributed by atoms with E-state index in [-0.39, 0.29) is 6.54 Å². The van der Waals surface area contributed by atoms with Crippen LogP contribution in [0, 0.1) is 5.41 Å². The summed E-state index contributed by atoms with van der Waals surface area (Å²) in [5.74, 6) is -1.39. The highest BCUT2D eigenvalue weighted by Gasteiger charge is 2.33. The molecule has 0 fully saturated rings. The summed E-state index contributed by atoms with van der Waals surface area (Å²) in [6, 6.07) is 9.93. The molecule has 0 spiro atoms. The molecule has 1 heterocycles. The van der Waals surface area contributed by atoms with Gasteiger partial charge in [0.05, 0.1) is 12.8 Å². The van der Waals surface area contributed by atoms with E-state index in [0.717, 1.165) is 18.4 Å². The first-order valence-corrected chi connectivity index (χ1v) is 7.94. The van der Waals surface area contributed by atoms with Crippen molar-refractivity contribution in [3.8, 4) is 11.3 Å². The Balaban J connectivity index is 2.30. The van der Waals surface area contributed by atoms with Gasteiger partial charge in [-0.2, -0.15) is 0 Å². The number of ether oxygens (including phenoxy) is 1. The number of pyridine rings is 1. The van der Waals surface area contributed by atoms with E-state index in [9.17, 15) is 9.59 Å². The molecule has 0 unspecified atom stereocenters. The van der Waals surface area contributed by atoms with Crippen molar-refractivity contribution in [1.29, 1.82) is 0 Å². The van der Waals surface area contributed by atoms with Crippen LogP contribution in [0.25, 0.3) is 11.3 Å². The lowest BCUT2D eigenvalue weighted by Gasteiger charge is -2.29. The summed E-state index contributed by atoms with van der Waals surface area (Å²) in [7, 11) is 0.888. The molecule has 7 nitrogen and oxygen atoms in total. The molecule has 0 aliphatic heterocycles. The first-order valence-electron chi connectivity index (χ1n) is 12.4. The maximum absolute atomic E-state index is 13.0. The van der Waals surface area contributed by atoms with Gasteiger partial charge in [0.2, 0.25) is 0 Å². The number of rotatable bonds is 6. The predicted molar refractivity (Wildman–Crippen MR) is 103 cm³/mol. The monoisotopic (exact) mass is 379 g/mol. The van der Waals surface area contributed by atoms with Crippen LogP contribution in [0.2, 0.25) is 0 Å². The lowest BCUT2D eigenvalue weighted by Crippen LogP contribution is -2.56. The number of alkyl carbamates (subject to hydrolysis) is 1. The zero-order valence-electron chi connectivity index (χ0n) is 23.6. The number of carbonyl (C=O) groups excluding carboxylic acids is 2. The Bertz CT molecular complexity index is 1000. The van der Waals surface area contributed by atoms with E-state index < -0.39 is 44.0 Å². The molecule has 0 saturated heterocycles. The highest BCUT2D eigenvalue weighted by molar-refractivity contribution is 5.86. The third-order valence-electron chi connectivity index (χ3n) is 3.56. The van der Waals surface area contributed by atoms with E-state index in [1.807, 2.05) is 12.1 Å². The molecule has 2 aromatic rings. The molecule has 1 aromatic heterocycles. The van der Waals surface area contributed by atoms with Crippen molar-refractivity contribution in [1.82, 2.24) is 21.2 Å². The molecule has 3 N–H and O–H groups in total. The summed E-state index contributed by atoms with van der Waals surface area (Å²) in [6.07, 6.45) is 0.263. The minimum Gasteiger partial charge on any atom is -0.453 e. The number of benzene rings is 1. The van der Waals surface area contributed by atoms with Crippen LogP contribution < -0.4 is 16.2 Å². The van der Waals surface area contributed by atoms with E-state index in [1.54, 1.807) is 41.8 Å². The van der Waals surface area contributed by atoms with Gasteiger partial charge in [0.25, 0.3) is 5.91 Å². The number of amides is 2. The fourth-order valence-corrected chi connectivity index (χ4v) is 2.18. The second-order valence-corrected chi connectivity index (χ2v) is 5.63. The van der Waals surface area contributed by atoms with Crippen molar-refractivity contribution < 1.29 is 26.7 Å². The fourth-order valence-electron chi connectivity index (χ4n) is 2.18. The number of hydrogen-bond donors (Lipinski definition) is 3. The smallest absolute Gasteiger partial charge is 0.407 e. The Morgan fingerprint density at radius 2 is 1.93 bits per heavy atom. The van der Waals surface area contributed by atoms with Gasteiger partial charge in [-0.05, 0) is 23.1 Å². The molecule has 1 atom stereocenters. The van der Waals surface area contributed by atoms with Crippen LogP contribution in [0.15, 0.2) is 48.7 Å². The van der Waals surface area contributed by atoms with Crippen LogP contribution in [0.3, 0.4) is 0 Å². The van der Waals surface area contributed by atoms with E-state index in [1.165, 1.54) is 0 Å². The van der Waals surface area contributed by atoms with Crippen molar-refractivity contribution in [2.45, 2.75) is 33.1 Å². The molecule has 2 amide bonds. The Morgan fingerprint density at radius 3 is 2.52 bits per heavy atom. The molecule has 27 heavy (non-hydrogen) atoms. The first kappa shape index (κ1) is 11.0. The average molecular weight is 380 g/mol. The van der Waals surface area contributed by atoms with Crippen molar-refractivity contribution in [2.24, 2.45) is 5.41 Å². The Kier molecular flexibility index (Phi) is 3.73. The molecule has 0 aliphatic rings. The molecule has 144 valence electrons. The molecule has 0 aliphatic carbocycles. The van der Waals surface area contributed by atoms with Gasteiger partial charge in [0.15, 0.2) is 0 Å². The number of aromatic nitrogens is 1. The van der Waals surface area contributed by atoms with Crippen LogP contribution in [0.5, 0.6) is 0 Å². The van der Waals surface area contributed by atoms with Gasteiger partial charge in [-0.25, -0.2) is 10.2 Å². The van der Waals surface area contributed by atoms with Crippen LogP contribution in [-0.2, 0) is 16.1 Å². The minimum atomic E-state index is -3.73. The van der Waals surface area contributed by atoms with E-state index in [0.29, 0.717) is 5.56 Å². The zero-order valence-corrected chi connectivity index (χ0v) is 14.6. The van der Waals surface area contributed by atoms with Gasteiger partial charge < -0.3 is 10.1 Å². The number of hydrazine groups is 1. The molecule has 0 bridgehead atoms. The second-order valence-electron chi connectivity index (χ2n) is 5.63. The molecule has 1 aromatic carbocycles. The van der Waals surface area contributed by atoms with Gasteiger partial charge in [-0.3, -0.25) is 15.2 Å². The number of methoxy groups -OCH3 is 1. The molecular formula is C20H26N4O3. The average Bonchev–Trinajstić information content (AvgIpc) is 2.76. The topological polar surface area (TPSA) is 92.3 Å². The SMILES string of the molecule is [2H]C([2H])([2H])C([C@H](NC(=O)OC)C(=O)NNCc1ccc(-c2ccccn2)cc1)(C([2H])([2H])[2H])C([2H])([2H])[2H]. The molecule has 2 rings (SSSR count). The highest BCUT2D eigenvalue weighted by atomic mass is 16.5. The normalized spacial score (nSPS) is 18.5. The Morgan fingerprint density at radius 1 is 1.19 bits per heavy atom. The quantitative estimate of drug-likeness (QED) is 0.671. The van der Waals surface area contributed by atoms with Crippen molar-refractivity contribution in [3.63, 3.8) is 0 Å². The lowest BCUT2D eigenvalue weighted by molar-refractivity contribution is -0.126. The summed E-state index contributed by atoms with van der Waals surface area (Å²) >= 11 is 0. The molecular weight excluding hydrogens is 344 g/mol. The Labute approximate surface area is 172 Å². The van der Waals surface area contributed by atoms with Crippen LogP contribution in [0.1, 0.15) is 38.5 Å². The summed E-state index contributed by atoms with van der Waals surface area (Å²) in [4.78, 5) is 29.2. The number of carbonyl (C=O) groups is 2. The molecule has 7 heteroatoms.